The monoisotopic (exact) mass is 381 g/mol. The van der Waals surface area contributed by atoms with Gasteiger partial charge in [-0.25, -0.2) is 9.97 Å². The summed E-state index contributed by atoms with van der Waals surface area (Å²) in [5, 5.41) is 12.7. The molecule has 1 aromatic heterocycles. The number of amides is 1. The average Bonchev–Trinajstić information content (AvgIpc) is 2.67. The number of rotatable bonds is 5. The minimum Gasteiger partial charge on any atom is -0.372 e. The smallest absolute Gasteiger partial charge is 0.234 e. The van der Waals surface area contributed by atoms with Gasteiger partial charge in [-0.3, -0.25) is 4.79 Å². The highest BCUT2D eigenvalue weighted by Crippen LogP contribution is 2.24. The lowest BCUT2D eigenvalue weighted by molar-refractivity contribution is -0.113. The summed E-state index contributed by atoms with van der Waals surface area (Å²) in [4.78, 5) is 23.1. The second-order valence-corrected chi connectivity index (χ2v) is 7.54. The van der Waals surface area contributed by atoms with Gasteiger partial charge in [0, 0.05) is 24.5 Å². The first kappa shape index (κ1) is 19.2. The van der Waals surface area contributed by atoms with Crippen molar-refractivity contribution in [2.75, 3.05) is 29.1 Å². The van der Waals surface area contributed by atoms with Crippen LogP contribution < -0.4 is 10.2 Å². The zero-order valence-corrected chi connectivity index (χ0v) is 16.5. The van der Waals surface area contributed by atoms with Crippen molar-refractivity contribution in [1.29, 1.82) is 5.26 Å². The van der Waals surface area contributed by atoms with Gasteiger partial charge in [-0.05, 0) is 57.4 Å². The van der Waals surface area contributed by atoms with Crippen LogP contribution in [0.3, 0.4) is 0 Å². The molecule has 27 heavy (non-hydrogen) atoms. The number of nitrogens with one attached hydrogen (secondary N) is 1. The number of piperidine rings is 1. The number of anilines is 2. The highest BCUT2D eigenvalue weighted by molar-refractivity contribution is 8.00. The van der Waals surface area contributed by atoms with Crippen LogP contribution in [0.1, 0.15) is 36.3 Å². The van der Waals surface area contributed by atoms with E-state index in [9.17, 15) is 10.1 Å². The minimum absolute atomic E-state index is 0.122. The van der Waals surface area contributed by atoms with Crippen molar-refractivity contribution in [2.24, 2.45) is 0 Å². The number of thioether (sulfide) groups is 1. The molecule has 1 aliphatic rings. The molecule has 140 valence electrons. The van der Waals surface area contributed by atoms with Crippen LogP contribution in [-0.4, -0.2) is 34.7 Å². The molecule has 1 fully saturated rings. The Hall–Kier alpha value is -2.59. The van der Waals surface area contributed by atoms with Gasteiger partial charge in [-0.1, -0.05) is 11.8 Å². The van der Waals surface area contributed by atoms with Crippen LogP contribution in [-0.2, 0) is 4.79 Å². The Labute approximate surface area is 164 Å². The molecule has 0 unspecified atom stereocenters. The quantitative estimate of drug-likeness (QED) is 0.628. The Morgan fingerprint density at radius 2 is 1.89 bits per heavy atom. The molecule has 1 amide bonds. The summed E-state index contributed by atoms with van der Waals surface area (Å²) in [5.41, 5.74) is 3.05. The minimum atomic E-state index is -0.122. The van der Waals surface area contributed by atoms with Crippen molar-refractivity contribution >= 4 is 29.0 Å². The Morgan fingerprint density at radius 1 is 1.19 bits per heavy atom. The van der Waals surface area contributed by atoms with Gasteiger partial charge in [0.1, 0.15) is 22.5 Å². The van der Waals surface area contributed by atoms with Crippen LogP contribution in [0.25, 0.3) is 0 Å². The fourth-order valence-electron chi connectivity index (χ4n) is 3.15. The summed E-state index contributed by atoms with van der Waals surface area (Å²) in [6, 6.07) is 10.1. The molecule has 1 N–H and O–H groups in total. The molecule has 1 aromatic carbocycles. The molecule has 6 nitrogen and oxygen atoms in total. The standard InChI is InChI=1S/C20H23N5OS/c1-14-18(12-21)20(23-15(2)22-14)27-13-19(26)24-16-6-8-17(9-7-16)25-10-4-3-5-11-25/h6-9H,3-5,10-11,13H2,1-2H3,(H,24,26). The predicted molar refractivity (Wildman–Crippen MR) is 108 cm³/mol. The van der Waals surface area contributed by atoms with E-state index in [1.54, 1.807) is 13.8 Å². The molecule has 0 spiro atoms. The molecule has 0 radical (unpaired) electrons. The SMILES string of the molecule is Cc1nc(C)c(C#N)c(SCC(=O)Nc2ccc(N3CCCCC3)cc2)n1. The average molecular weight is 382 g/mol. The third kappa shape index (κ3) is 4.98. The first-order valence-electron chi connectivity index (χ1n) is 9.10. The fourth-order valence-corrected chi connectivity index (χ4v) is 4.03. The first-order chi connectivity index (χ1) is 13.1. The van der Waals surface area contributed by atoms with Crippen LogP contribution in [0.5, 0.6) is 0 Å². The maximum absolute atomic E-state index is 12.3. The fraction of sp³-hybridized carbons (Fsp3) is 0.400. The highest BCUT2D eigenvalue weighted by Gasteiger charge is 2.13. The number of benzene rings is 1. The number of hydrogen-bond acceptors (Lipinski definition) is 6. The predicted octanol–water partition coefficient (Wildman–Crippen LogP) is 3.69. The maximum atomic E-state index is 12.3. The number of aromatic nitrogens is 2. The van der Waals surface area contributed by atoms with Gasteiger partial charge in [-0.15, -0.1) is 0 Å². The summed E-state index contributed by atoms with van der Waals surface area (Å²) in [7, 11) is 0. The number of nitrogens with zero attached hydrogens (tertiary/aromatic N) is 4. The van der Waals surface area contributed by atoms with Gasteiger partial charge in [0.05, 0.1) is 11.4 Å². The zero-order chi connectivity index (χ0) is 19.2. The number of carbonyl (C=O) groups excluding carboxylic acids is 1. The summed E-state index contributed by atoms with van der Waals surface area (Å²) in [5.74, 6) is 0.671. The molecule has 0 bridgehead atoms. The molecule has 2 aromatic rings. The third-order valence-electron chi connectivity index (χ3n) is 4.49. The van der Waals surface area contributed by atoms with E-state index in [1.165, 1.54) is 36.7 Å². The van der Waals surface area contributed by atoms with Gasteiger partial charge in [0.25, 0.3) is 0 Å². The van der Waals surface area contributed by atoms with Gasteiger partial charge in [0.2, 0.25) is 5.91 Å². The highest BCUT2D eigenvalue weighted by atomic mass is 32.2. The normalized spacial score (nSPS) is 13.9. The number of nitriles is 1. The molecule has 2 heterocycles. The number of aryl methyl sites for hydroxylation is 2. The molecular formula is C20H23N5OS. The molecule has 0 atom stereocenters. The zero-order valence-electron chi connectivity index (χ0n) is 15.7. The second-order valence-electron chi connectivity index (χ2n) is 6.58. The molecular weight excluding hydrogens is 358 g/mol. The van der Waals surface area contributed by atoms with E-state index in [2.05, 4.69) is 38.4 Å². The van der Waals surface area contributed by atoms with Crippen molar-refractivity contribution in [2.45, 2.75) is 38.1 Å². The van der Waals surface area contributed by atoms with Gasteiger partial charge < -0.3 is 10.2 Å². The lowest BCUT2D eigenvalue weighted by atomic mass is 10.1. The number of hydrogen-bond donors (Lipinski definition) is 1. The summed E-state index contributed by atoms with van der Waals surface area (Å²) in [6.45, 7) is 5.76. The maximum Gasteiger partial charge on any atom is 0.234 e. The lowest BCUT2D eigenvalue weighted by Crippen LogP contribution is -2.29. The van der Waals surface area contributed by atoms with E-state index < -0.39 is 0 Å². The molecule has 1 saturated heterocycles. The van der Waals surface area contributed by atoms with Crippen molar-refractivity contribution in [1.82, 2.24) is 9.97 Å². The van der Waals surface area contributed by atoms with Crippen molar-refractivity contribution in [3.8, 4) is 6.07 Å². The van der Waals surface area contributed by atoms with Crippen LogP contribution in [0.4, 0.5) is 11.4 Å². The van der Waals surface area contributed by atoms with E-state index in [-0.39, 0.29) is 11.7 Å². The van der Waals surface area contributed by atoms with Crippen molar-refractivity contribution in [3.63, 3.8) is 0 Å². The number of carbonyl (C=O) groups is 1. The Balaban J connectivity index is 1.57. The first-order valence-corrected chi connectivity index (χ1v) is 10.1. The largest absolute Gasteiger partial charge is 0.372 e. The summed E-state index contributed by atoms with van der Waals surface area (Å²) < 4.78 is 0. The summed E-state index contributed by atoms with van der Waals surface area (Å²) >= 11 is 1.26. The van der Waals surface area contributed by atoms with Crippen LogP contribution in [0.15, 0.2) is 29.3 Å². The van der Waals surface area contributed by atoms with Crippen LogP contribution >= 0.6 is 11.8 Å². The van der Waals surface area contributed by atoms with Gasteiger partial charge in [-0.2, -0.15) is 5.26 Å². The Bertz CT molecular complexity index is 854. The van der Waals surface area contributed by atoms with Crippen LogP contribution in [0.2, 0.25) is 0 Å². The van der Waals surface area contributed by atoms with Crippen molar-refractivity contribution < 1.29 is 4.79 Å². The Kier molecular flexibility index (Phi) is 6.30. The second kappa shape index (κ2) is 8.87. The van der Waals surface area contributed by atoms with Crippen molar-refractivity contribution in [3.05, 3.63) is 41.3 Å². The van der Waals surface area contributed by atoms with E-state index in [1.807, 2.05) is 12.1 Å². The molecule has 3 rings (SSSR count). The van der Waals surface area contributed by atoms with Crippen LogP contribution in [0, 0.1) is 25.2 Å². The third-order valence-corrected chi connectivity index (χ3v) is 5.47. The molecule has 7 heteroatoms. The molecule has 0 aliphatic carbocycles. The summed E-state index contributed by atoms with van der Waals surface area (Å²) in [6.07, 6.45) is 3.78. The van der Waals surface area contributed by atoms with Gasteiger partial charge >= 0.3 is 0 Å². The van der Waals surface area contributed by atoms with Gasteiger partial charge in [0.15, 0.2) is 0 Å². The lowest BCUT2D eigenvalue weighted by Gasteiger charge is -2.28. The topological polar surface area (TPSA) is 81.9 Å². The van der Waals surface area contributed by atoms with E-state index in [4.69, 9.17) is 0 Å². The van der Waals surface area contributed by atoms with E-state index in [0.29, 0.717) is 22.1 Å². The Morgan fingerprint density at radius 3 is 2.56 bits per heavy atom. The molecule has 0 saturated carbocycles. The van der Waals surface area contributed by atoms with E-state index in [0.717, 1.165) is 18.8 Å². The van der Waals surface area contributed by atoms with E-state index >= 15 is 0 Å². The molecule has 1 aliphatic heterocycles.